The van der Waals surface area contributed by atoms with Gasteiger partial charge in [-0.15, -0.1) is 0 Å². The van der Waals surface area contributed by atoms with Crippen molar-refractivity contribution in [1.82, 2.24) is 9.80 Å². The van der Waals surface area contributed by atoms with Gasteiger partial charge < -0.3 is 10.0 Å². The molecule has 0 atom stereocenters. The fourth-order valence-corrected chi connectivity index (χ4v) is 4.21. The summed E-state index contributed by atoms with van der Waals surface area (Å²) >= 11 is 0. The molecule has 4 rings (SSSR count). The van der Waals surface area contributed by atoms with Crippen molar-refractivity contribution >= 4 is 23.1 Å². The summed E-state index contributed by atoms with van der Waals surface area (Å²) in [5, 5.41) is 9.20. The van der Waals surface area contributed by atoms with Gasteiger partial charge in [-0.3, -0.25) is 14.5 Å². The minimum atomic E-state index is -0.271. The van der Waals surface area contributed by atoms with Crippen molar-refractivity contribution in [3.63, 3.8) is 0 Å². The summed E-state index contributed by atoms with van der Waals surface area (Å²) in [7, 11) is 0. The molecule has 6 heteroatoms. The Labute approximate surface area is 177 Å². The largest absolute Gasteiger partial charge is 0.395 e. The number of amides is 2. The van der Waals surface area contributed by atoms with Crippen LogP contribution in [0.1, 0.15) is 16.7 Å². The topological polar surface area (TPSA) is 64.1 Å². The zero-order valence-electron chi connectivity index (χ0n) is 17.5. The number of imide groups is 1. The number of carbonyl (C=O) groups excluding carboxylic acids is 2. The lowest BCUT2D eigenvalue weighted by molar-refractivity contribution is -0.120. The van der Waals surface area contributed by atoms with E-state index in [1.807, 2.05) is 67.3 Å². The van der Waals surface area contributed by atoms with Gasteiger partial charge in [-0.1, -0.05) is 42.5 Å². The van der Waals surface area contributed by atoms with Crippen LogP contribution in [0.4, 0.5) is 5.69 Å². The molecule has 156 valence electrons. The van der Waals surface area contributed by atoms with Gasteiger partial charge in [0.15, 0.2) is 0 Å². The molecule has 2 heterocycles. The van der Waals surface area contributed by atoms with Gasteiger partial charge in [-0.2, -0.15) is 0 Å². The van der Waals surface area contributed by atoms with Crippen LogP contribution in [0, 0.1) is 13.8 Å². The predicted octanol–water partition coefficient (Wildman–Crippen LogP) is 2.20. The highest BCUT2D eigenvalue weighted by atomic mass is 16.3. The third-order valence-corrected chi connectivity index (χ3v) is 6.04. The molecule has 0 radical (unpaired) electrons. The van der Waals surface area contributed by atoms with E-state index in [-0.39, 0.29) is 18.4 Å². The normalized spacial score (nSPS) is 18.0. The lowest BCUT2D eigenvalue weighted by atomic mass is 10.0. The molecule has 2 amide bonds. The van der Waals surface area contributed by atoms with Gasteiger partial charge in [0.05, 0.1) is 17.9 Å². The minimum absolute atomic E-state index is 0.121. The Kier molecular flexibility index (Phi) is 5.70. The summed E-state index contributed by atoms with van der Waals surface area (Å²) in [4.78, 5) is 32.7. The predicted molar refractivity (Wildman–Crippen MR) is 117 cm³/mol. The van der Waals surface area contributed by atoms with Gasteiger partial charge in [0.25, 0.3) is 11.8 Å². The van der Waals surface area contributed by atoms with E-state index in [1.54, 1.807) is 0 Å². The van der Waals surface area contributed by atoms with E-state index < -0.39 is 0 Å². The molecule has 0 aliphatic carbocycles. The number of aryl methyl sites for hydroxylation is 1. The zero-order chi connectivity index (χ0) is 21.3. The first kappa shape index (κ1) is 20.3. The number of piperazine rings is 1. The van der Waals surface area contributed by atoms with Gasteiger partial charge in [0.2, 0.25) is 0 Å². The molecular formula is C24H27N3O3. The number of anilines is 1. The molecule has 1 fully saturated rings. The van der Waals surface area contributed by atoms with E-state index in [1.165, 1.54) is 4.90 Å². The number of rotatable bonds is 5. The monoisotopic (exact) mass is 405 g/mol. The Balaban J connectivity index is 1.75. The second-order valence-corrected chi connectivity index (χ2v) is 7.81. The highest BCUT2D eigenvalue weighted by Gasteiger charge is 2.43. The van der Waals surface area contributed by atoms with E-state index in [2.05, 4.69) is 4.90 Å². The molecule has 0 spiro atoms. The van der Waals surface area contributed by atoms with Crippen molar-refractivity contribution in [3.8, 4) is 0 Å². The number of hydrogen-bond acceptors (Lipinski definition) is 5. The van der Waals surface area contributed by atoms with Crippen LogP contribution in [-0.2, 0) is 9.59 Å². The fourth-order valence-electron chi connectivity index (χ4n) is 4.21. The van der Waals surface area contributed by atoms with Crippen molar-refractivity contribution in [2.75, 3.05) is 44.2 Å². The highest BCUT2D eigenvalue weighted by molar-refractivity contribution is 6.45. The first-order valence-electron chi connectivity index (χ1n) is 10.4. The highest BCUT2D eigenvalue weighted by Crippen LogP contribution is 2.36. The number of benzene rings is 2. The van der Waals surface area contributed by atoms with Crippen LogP contribution in [0.5, 0.6) is 0 Å². The standard InChI is InChI=1S/C24H27N3O3/c1-17-7-6-10-20(18(17)2)27-23(29)21(19-8-4-3-5-9-19)22(24(27)30)26-13-11-25(12-14-26)15-16-28/h3-10,28H,11-16H2,1-2H3. The molecule has 0 bridgehead atoms. The Morgan fingerprint density at radius 2 is 1.57 bits per heavy atom. The van der Waals surface area contributed by atoms with Crippen LogP contribution >= 0.6 is 0 Å². The summed E-state index contributed by atoms with van der Waals surface area (Å²) in [6, 6.07) is 15.1. The van der Waals surface area contributed by atoms with Gasteiger partial charge in [-0.25, -0.2) is 4.90 Å². The quantitative estimate of drug-likeness (QED) is 0.773. The molecule has 2 aromatic carbocycles. The molecule has 6 nitrogen and oxygen atoms in total. The minimum Gasteiger partial charge on any atom is -0.395 e. The molecule has 0 unspecified atom stereocenters. The summed E-state index contributed by atoms with van der Waals surface area (Å²) in [6.07, 6.45) is 0. The van der Waals surface area contributed by atoms with Crippen LogP contribution in [-0.4, -0.2) is 66.1 Å². The fraction of sp³-hybridized carbons (Fsp3) is 0.333. The summed E-state index contributed by atoms with van der Waals surface area (Å²) in [6.45, 7) is 7.45. The molecule has 1 N–H and O–H groups in total. The van der Waals surface area contributed by atoms with E-state index in [9.17, 15) is 14.7 Å². The average molecular weight is 405 g/mol. The number of aliphatic hydroxyl groups excluding tert-OH is 1. The van der Waals surface area contributed by atoms with Crippen LogP contribution in [0.3, 0.4) is 0 Å². The number of nitrogens with zero attached hydrogens (tertiary/aromatic N) is 3. The number of carbonyl (C=O) groups is 2. The molecule has 0 aromatic heterocycles. The molecule has 30 heavy (non-hydrogen) atoms. The van der Waals surface area contributed by atoms with Crippen molar-refractivity contribution in [1.29, 1.82) is 0 Å². The van der Waals surface area contributed by atoms with E-state index in [0.29, 0.717) is 36.6 Å². The maximum Gasteiger partial charge on any atom is 0.282 e. The Morgan fingerprint density at radius 1 is 0.867 bits per heavy atom. The van der Waals surface area contributed by atoms with Gasteiger partial charge in [-0.05, 0) is 36.6 Å². The van der Waals surface area contributed by atoms with E-state index in [4.69, 9.17) is 0 Å². The first-order valence-corrected chi connectivity index (χ1v) is 10.4. The Bertz CT molecular complexity index is 992. The SMILES string of the molecule is Cc1cccc(N2C(=O)C(c3ccccc3)=C(N3CCN(CCO)CC3)C2=O)c1C. The van der Waals surface area contributed by atoms with Crippen LogP contribution in [0.25, 0.3) is 5.57 Å². The second kappa shape index (κ2) is 8.42. The third-order valence-electron chi connectivity index (χ3n) is 6.04. The average Bonchev–Trinajstić information content (AvgIpc) is 3.02. The van der Waals surface area contributed by atoms with Gasteiger partial charge in [0, 0.05) is 32.7 Å². The van der Waals surface area contributed by atoms with Crippen molar-refractivity contribution in [2.24, 2.45) is 0 Å². The smallest absolute Gasteiger partial charge is 0.282 e. The molecule has 2 aromatic rings. The summed E-state index contributed by atoms with van der Waals surface area (Å²) < 4.78 is 0. The number of β-amino-alcohol motifs (C(OH)–C–C–N with tert-alkyl or cyclic N) is 1. The van der Waals surface area contributed by atoms with E-state index >= 15 is 0 Å². The second-order valence-electron chi connectivity index (χ2n) is 7.81. The molecule has 2 aliphatic heterocycles. The Hall–Kier alpha value is -2.96. The van der Waals surface area contributed by atoms with Crippen LogP contribution in [0.15, 0.2) is 54.2 Å². The Morgan fingerprint density at radius 3 is 2.23 bits per heavy atom. The summed E-state index contributed by atoms with van der Waals surface area (Å²) in [5.74, 6) is -0.532. The number of aliphatic hydroxyl groups is 1. The van der Waals surface area contributed by atoms with Gasteiger partial charge in [0.1, 0.15) is 5.70 Å². The summed E-state index contributed by atoms with van der Waals surface area (Å²) in [5.41, 5.74) is 4.33. The molecule has 0 saturated carbocycles. The van der Waals surface area contributed by atoms with E-state index in [0.717, 1.165) is 29.8 Å². The molecular weight excluding hydrogens is 378 g/mol. The van der Waals surface area contributed by atoms with Gasteiger partial charge >= 0.3 is 0 Å². The van der Waals surface area contributed by atoms with Crippen LogP contribution < -0.4 is 4.90 Å². The number of hydrogen-bond donors (Lipinski definition) is 1. The van der Waals surface area contributed by atoms with Crippen LogP contribution in [0.2, 0.25) is 0 Å². The lowest BCUT2D eigenvalue weighted by Crippen LogP contribution is -2.48. The maximum atomic E-state index is 13.6. The zero-order valence-corrected chi connectivity index (χ0v) is 17.5. The van der Waals surface area contributed by atoms with Crippen molar-refractivity contribution in [3.05, 3.63) is 70.9 Å². The molecule has 1 saturated heterocycles. The van der Waals surface area contributed by atoms with Crippen molar-refractivity contribution < 1.29 is 14.7 Å². The lowest BCUT2D eigenvalue weighted by Gasteiger charge is -2.36. The first-order chi connectivity index (χ1) is 14.5. The molecule has 2 aliphatic rings. The van der Waals surface area contributed by atoms with Crippen molar-refractivity contribution in [2.45, 2.75) is 13.8 Å². The maximum absolute atomic E-state index is 13.6. The third kappa shape index (κ3) is 3.53.